The Morgan fingerprint density at radius 3 is 2.21 bits per heavy atom. The maximum atomic E-state index is 13.2. The van der Waals surface area contributed by atoms with Crippen molar-refractivity contribution in [2.75, 3.05) is 13.1 Å². The first kappa shape index (κ1) is 31.3. The number of amides is 1. The molecule has 1 amide bonds. The molecule has 1 N–H and O–H groups in total. The SMILES string of the molecule is CC(C)(C)OC(=O)N1CCC(n2c(CO)nc3ccc(Oc4ccc(F)cc4)cc32)CC1.O=[N+]([O-])c1ccc(F)cc1F. The van der Waals surface area contributed by atoms with Gasteiger partial charge in [-0.2, -0.15) is 4.39 Å². The van der Waals surface area contributed by atoms with Crippen LogP contribution in [0.4, 0.5) is 23.7 Å². The van der Waals surface area contributed by atoms with E-state index in [-0.39, 0.29) is 24.6 Å². The van der Waals surface area contributed by atoms with Gasteiger partial charge in [-0.1, -0.05) is 0 Å². The van der Waals surface area contributed by atoms with Crippen LogP contribution in [0.1, 0.15) is 45.5 Å². The number of piperidine rings is 1. The highest BCUT2D eigenvalue weighted by Crippen LogP contribution is 2.32. The number of ether oxygens (including phenoxy) is 2. The fourth-order valence-electron chi connectivity index (χ4n) is 4.61. The Hall–Kier alpha value is -4.65. The zero-order valence-corrected chi connectivity index (χ0v) is 23.8. The Bertz CT molecular complexity index is 1600. The molecule has 5 rings (SSSR count). The van der Waals surface area contributed by atoms with Gasteiger partial charge in [0.05, 0.1) is 16.0 Å². The summed E-state index contributed by atoms with van der Waals surface area (Å²) in [6.45, 7) is 6.51. The number of carbonyl (C=O) groups excluding carboxylic acids is 1. The third kappa shape index (κ3) is 8.01. The lowest BCUT2D eigenvalue weighted by molar-refractivity contribution is -0.387. The molecule has 0 unspecified atom stereocenters. The number of imidazole rings is 1. The van der Waals surface area contributed by atoms with Crippen molar-refractivity contribution in [2.45, 2.75) is 51.9 Å². The first-order chi connectivity index (χ1) is 20.3. The van der Waals surface area contributed by atoms with Gasteiger partial charge in [0.2, 0.25) is 5.82 Å². The highest BCUT2D eigenvalue weighted by Gasteiger charge is 2.29. The average Bonchev–Trinajstić information content (AvgIpc) is 3.31. The predicted molar refractivity (Wildman–Crippen MR) is 151 cm³/mol. The van der Waals surface area contributed by atoms with E-state index < -0.39 is 27.8 Å². The number of hydrogen-bond donors (Lipinski definition) is 1. The van der Waals surface area contributed by atoms with Gasteiger partial charge in [0, 0.05) is 37.3 Å². The van der Waals surface area contributed by atoms with Gasteiger partial charge in [0.25, 0.3) is 0 Å². The smallest absolute Gasteiger partial charge is 0.410 e. The molecule has 4 aromatic rings. The maximum Gasteiger partial charge on any atom is 0.410 e. The first-order valence-electron chi connectivity index (χ1n) is 13.5. The van der Waals surface area contributed by atoms with E-state index in [4.69, 9.17) is 9.47 Å². The lowest BCUT2D eigenvalue weighted by Crippen LogP contribution is -2.42. The molecule has 1 saturated heterocycles. The van der Waals surface area contributed by atoms with Crippen molar-refractivity contribution < 1.29 is 37.5 Å². The van der Waals surface area contributed by atoms with Crippen molar-refractivity contribution in [3.8, 4) is 11.5 Å². The molecule has 0 saturated carbocycles. The number of rotatable bonds is 5. The number of aliphatic hydroxyl groups excluding tert-OH is 1. The van der Waals surface area contributed by atoms with Crippen LogP contribution in [0.2, 0.25) is 0 Å². The molecule has 10 nitrogen and oxygen atoms in total. The molecule has 0 spiro atoms. The number of nitro benzene ring substituents is 1. The largest absolute Gasteiger partial charge is 0.457 e. The molecule has 2 heterocycles. The minimum absolute atomic E-state index is 0.0851. The van der Waals surface area contributed by atoms with Crippen LogP contribution < -0.4 is 4.74 Å². The Morgan fingerprint density at radius 2 is 1.63 bits per heavy atom. The molecule has 0 aliphatic carbocycles. The number of aromatic nitrogens is 2. The highest BCUT2D eigenvalue weighted by atomic mass is 19.1. The first-order valence-corrected chi connectivity index (χ1v) is 13.5. The lowest BCUT2D eigenvalue weighted by atomic mass is 10.0. The van der Waals surface area contributed by atoms with Crippen LogP contribution >= 0.6 is 0 Å². The Balaban J connectivity index is 0.000000324. The van der Waals surface area contributed by atoms with Gasteiger partial charge in [-0.05, 0) is 76.1 Å². The molecule has 0 radical (unpaired) electrons. The van der Waals surface area contributed by atoms with Gasteiger partial charge in [-0.3, -0.25) is 10.1 Å². The lowest BCUT2D eigenvalue weighted by Gasteiger charge is -2.34. The number of halogens is 3. The summed E-state index contributed by atoms with van der Waals surface area (Å²) >= 11 is 0. The van der Waals surface area contributed by atoms with E-state index in [9.17, 15) is 33.2 Å². The summed E-state index contributed by atoms with van der Waals surface area (Å²) in [6, 6.07) is 13.5. The Labute approximate surface area is 245 Å². The number of aliphatic hydroxyl groups is 1. The molecule has 1 aromatic heterocycles. The summed E-state index contributed by atoms with van der Waals surface area (Å²) in [6.07, 6.45) is 1.14. The molecule has 1 aliphatic heterocycles. The van der Waals surface area contributed by atoms with Crippen LogP contribution in [0.3, 0.4) is 0 Å². The van der Waals surface area contributed by atoms with E-state index in [2.05, 4.69) is 4.98 Å². The second-order valence-corrected chi connectivity index (χ2v) is 10.8. The van der Waals surface area contributed by atoms with Crippen molar-refractivity contribution in [1.29, 1.82) is 0 Å². The van der Waals surface area contributed by atoms with Crippen LogP contribution in [0, 0.1) is 27.6 Å². The molecule has 13 heteroatoms. The van der Waals surface area contributed by atoms with Gasteiger partial charge in [0.1, 0.15) is 41.2 Å². The van der Waals surface area contributed by atoms with E-state index in [0.717, 1.165) is 36.0 Å². The topological polar surface area (TPSA) is 120 Å². The Morgan fingerprint density at radius 1 is 1.00 bits per heavy atom. The van der Waals surface area contributed by atoms with E-state index in [1.165, 1.54) is 12.1 Å². The molecule has 1 fully saturated rings. The summed E-state index contributed by atoms with van der Waals surface area (Å²) in [5.74, 6) is -0.597. The van der Waals surface area contributed by atoms with Crippen molar-refractivity contribution in [1.82, 2.24) is 14.5 Å². The molecule has 228 valence electrons. The van der Waals surface area contributed by atoms with Gasteiger partial charge in [-0.15, -0.1) is 0 Å². The number of benzene rings is 3. The summed E-state index contributed by atoms with van der Waals surface area (Å²) in [5.41, 5.74) is 0.366. The van der Waals surface area contributed by atoms with Crippen LogP contribution in [-0.4, -0.2) is 49.3 Å². The zero-order valence-electron chi connectivity index (χ0n) is 23.8. The van der Waals surface area contributed by atoms with E-state index in [0.29, 0.717) is 36.5 Å². The summed E-state index contributed by atoms with van der Waals surface area (Å²) in [5, 5.41) is 19.9. The average molecular weight is 601 g/mol. The summed E-state index contributed by atoms with van der Waals surface area (Å²) in [4.78, 5) is 27.8. The number of hydrogen-bond acceptors (Lipinski definition) is 7. The summed E-state index contributed by atoms with van der Waals surface area (Å²) in [7, 11) is 0. The minimum atomic E-state index is -1.16. The summed E-state index contributed by atoms with van der Waals surface area (Å²) < 4.78 is 51.1. The van der Waals surface area contributed by atoms with Crippen molar-refractivity contribution in [2.24, 2.45) is 0 Å². The van der Waals surface area contributed by atoms with Gasteiger partial charge in [-0.25, -0.2) is 18.6 Å². The normalized spacial score (nSPS) is 13.8. The number of nitro groups is 1. The van der Waals surface area contributed by atoms with Crippen molar-refractivity contribution in [3.63, 3.8) is 0 Å². The molecular weight excluding hydrogens is 569 g/mol. The highest BCUT2D eigenvalue weighted by molar-refractivity contribution is 5.78. The number of nitrogens with zero attached hydrogens (tertiary/aromatic N) is 4. The van der Waals surface area contributed by atoms with E-state index in [1.807, 2.05) is 37.5 Å². The van der Waals surface area contributed by atoms with Gasteiger partial charge < -0.3 is 24.0 Å². The molecule has 0 atom stereocenters. The second-order valence-electron chi connectivity index (χ2n) is 10.8. The van der Waals surface area contributed by atoms with Crippen LogP contribution in [0.15, 0.2) is 60.7 Å². The third-order valence-corrected chi connectivity index (χ3v) is 6.51. The fourth-order valence-corrected chi connectivity index (χ4v) is 4.61. The molecule has 1 aliphatic rings. The number of carbonyl (C=O) groups is 1. The molecule has 43 heavy (non-hydrogen) atoms. The number of likely N-dealkylation sites (tertiary alicyclic amines) is 1. The van der Waals surface area contributed by atoms with E-state index >= 15 is 0 Å². The fraction of sp³-hybridized carbons (Fsp3) is 0.333. The van der Waals surface area contributed by atoms with Crippen LogP contribution in [0.25, 0.3) is 11.0 Å². The maximum absolute atomic E-state index is 13.2. The van der Waals surface area contributed by atoms with Gasteiger partial charge >= 0.3 is 11.8 Å². The molecule has 3 aromatic carbocycles. The van der Waals surface area contributed by atoms with Crippen molar-refractivity contribution >= 4 is 22.8 Å². The quantitative estimate of drug-likeness (QED) is 0.195. The Kier molecular flexibility index (Phi) is 9.54. The third-order valence-electron chi connectivity index (χ3n) is 6.51. The predicted octanol–water partition coefficient (Wildman–Crippen LogP) is 6.91. The monoisotopic (exact) mass is 600 g/mol. The minimum Gasteiger partial charge on any atom is -0.457 e. The van der Waals surface area contributed by atoms with E-state index in [1.54, 1.807) is 23.1 Å². The van der Waals surface area contributed by atoms with Crippen LogP contribution in [-0.2, 0) is 11.3 Å². The standard InChI is InChI=1S/C24H28FN3O4.C6H3F2NO2/c1-24(2,3)32-23(30)27-12-10-17(11-13-27)28-21-14-19(8-9-20(21)26-22(28)15-29)31-18-6-4-16(25)5-7-18;7-4-1-2-6(9(10)11)5(8)3-4/h4-9,14,17,29H,10-13,15H2,1-3H3;1-3H. The number of fused-ring (bicyclic) bond motifs is 1. The van der Waals surface area contributed by atoms with Crippen LogP contribution in [0.5, 0.6) is 11.5 Å². The van der Waals surface area contributed by atoms with Crippen molar-refractivity contribution in [3.05, 3.63) is 94.1 Å². The second kappa shape index (κ2) is 13.1. The van der Waals surface area contributed by atoms with Gasteiger partial charge in [0.15, 0.2) is 0 Å². The molecular formula is C30H31F3N4O6. The molecule has 0 bridgehead atoms. The zero-order chi connectivity index (χ0) is 31.3.